The highest BCUT2D eigenvalue weighted by Crippen LogP contribution is 2.20. The van der Waals surface area contributed by atoms with Crippen LogP contribution < -0.4 is 5.73 Å². The Labute approximate surface area is 81.2 Å². The fourth-order valence-electron chi connectivity index (χ4n) is 1.99. The molecule has 1 heterocycles. The summed E-state index contributed by atoms with van der Waals surface area (Å²) in [4.78, 5) is 2.47. The molecule has 3 unspecified atom stereocenters. The maximum Gasteiger partial charge on any atom is 0.0615 e. The van der Waals surface area contributed by atoms with Crippen LogP contribution in [-0.4, -0.2) is 43.8 Å². The number of hydrogen-bond acceptors (Lipinski definition) is 3. The van der Waals surface area contributed by atoms with Crippen LogP contribution in [0.1, 0.15) is 20.3 Å². The van der Waals surface area contributed by atoms with E-state index < -0.39 is 0 Å². The summed E-state index contributed by atoms with van der Waals surface area (Å²) in [6, 6.07) is 0.869. The summed E-state index contributed by atoms with van der Waals surface area (Å²) < 4.78 is 5.14. The molecule has 1 aliphatic rings. The number of likely N-dealkylation sites (tertiary alicyclic amines) is 1. The molecule has 3 atom stereocenters. The first-order chi connectivity index (χ1) is 6.15. The first kappa shape index (κ1) is 11.0. The molecule has 0 aliphatic carbocycles. The summed E-state index contributed by atoms with van der Waals surface area (Å²) in [5, 5.41) is 0. The molecule has 0 amide bonds. The van der Waals surface area contributed by atoms with E-state index in [0.29, 0.717) is 18.0 Å². The normalized spacial score (nSPS) is 29.1. The molecule has 3 heteroatoms. The molecule has 0 radical (unpaired) electrons. The maximum atomic E-state index is 5.88. The molecule has 0 saturated carbocycles. The number of ether oxygens (including phenoxy) is 1. The van der Waals surface area contributed by atoms with Gasteiger partial charge in [-0.15, -0.1) is 0 Å². The van der Waals surface area contributed by atoms with Gasteiger partial charge in [-0.2, -0.15) is 0 Å². The zero-order chi connectivity index (χ0) is 9.84. The minimum atomic E-state index is 0.333. The van der Waals surface area contributed by atoms with E-state index in [4.69, 9.17) is 10.5 Å². The molecule has 0 aromatic carbocycles. The lowest BCUT2D eigenvalue weighted by Crippen LogP contribution is -2.36. The van der Waals surface area contributed by atoms with Gasteiger partial charge in [0.2, 0.25) is 0 Å². The first-order valence-electron chi connectivity index (χ1n) is 5.13. The molecular formula is C10H22N2O. The van der Waals surface area contributed by atoms with Crippen molar-refractivity contribution in [3.63, 3.8) is 0 Å². The molecular weight excluding hydrogens is 164 g/mol. The fourth-order valence-corrected chi connectivity index (χ4v) is 1.99. The van der Waals surface area contributed by atoms with Gasteiger partial charge in [0.15, 0.2) is 0 Å². The quantitative estimate of drug-likeness (QED) is 0.702. The van der Waals surface area contributed by atoms with Crippen LogP contribution in [0.2, 0.25) is 0 Å². The van der Waals surface area contributed by atoms with E-state index in [0.717, 1.165) is 13.2 Å². The molecule has 1 fully saturated rings. The second-order valence-electron chi connectivity index (χ2n) is 4.21. The predicted octanol–water partition coefficient (Wildman–Crippen LogP) is 0.690. The van der Waals surface area contributed by atoms with Crippen LogP contribution in [0.3, 0.4) is 0 Å². The van der Waals surface area contributed by atoms with Gasteiger partial charge in [-0.25, -0.2) is 0 Å². The molecule has 1 aliphatic heterocycles. The standard InChI is InChI=1S/C10H22N2O/c1-8(7-13-3)12-5-4-10(6-12)9(2)11/h8-10H,4-7,11H2,1-3H3. The first-order valence-corrected chi connectivity index (χ1v) is 5.13. The number of nitrogens with two attached hydrogens (primary N) is 1. The summed E-state index contributed by atoms with van der Waals surface area (Å²) >= 11 is 0. The van der Waals surface area contributed by atoms with Crippen molar-refractivity contribution >= 4 is 0 Å². The molecule has 1 saturated heterocycles. The molecule has 0 aromatic rings. The third kappa shape index (κ3) is 2.93. The van der Waals surface area contributed by atoms with Crippen molar-refractivity contribution in [3.8, 4) is 0 Å². The lowest BCUT2D eigenvalue weighted by atomic mass is 10.0. The number of rotatable bonds is 4. The van der Waals surface area contributed by atoms with Crippen LogP contribution in [-0.2, 0) is 4.74 Å². The summed E-state index contributed by atoms with van der Waals surface area (Å²) in [6.45, 7) is 7.47. The average Bonchev–Trinajstić information content (AvgIpc) is 2.52. The van der Waals surface area contributed by atoms with Gasteiger partial charge < -0.3 is 10.5 Å². The third-order valence-corrected chi connectivity index (χ3v) is 3.03. The van der Waals surface area contributed by atoms with Crippen LogP contribution in [0.25, 0.3) is 0 Å². The van der Waals surface area contributed by atoms with E-state index >= 15 is 0 Å². The third-order valence-electron chi connectivity index (χ3n) is 3.03. The van der Waals surface area contributed by atoms with Gasteiger partial charge in [0.1, 0.15) is 0 Å². The average molecular weight is 186 g/mol. The highest BCUT2D eigenvalue weighted by molar-refractivity contribution is 4.83. The van der Waals surface area contributed by atoms with Crippen molar-refractivity contribution in [2.75, 3.05) is 26.8 Å². The van der Waals surface area contributed by atoms with Crippen LogP contribution >= 0.6 is 0 Å². The molecule has 13 heavy (non-hydrogen) atoms. The van der Waals surface area contributed by atoms with Gasteiger partial charge in [-0.05, 0) is 32.7 Å². The Balaban J connectivity index is 2.31. The second kappa shape index (κ2) is 4.94. The van der Waals surface area contributed by atoms with Gasteiger partial charge in [0, 0.05) is 25.7 Å². The minimum Gasteiger partial charge on any atom is -0.383 e. The molecule has 2 N–H and O–H groups in total. The SMILES string of the molecule is COCC(C)N1CCC(C(C)N)C1. The van der Waals surface area contributed by atoms with Crippen molar-refractivity contribution in [2.45, 2.75) is 32.4 Å². The predicted molar refractivity (Wildman–Crippen MR) is 54.7 cm³/mol. The zero-order valence-corrected chi connectivity index (χ0v) is 8.99. The van der Waals surface area contributed by atoms with Gasteiger partial charge in [0.05, 0.1) is 6.61 Å². The minimum absolute atomic E-state index is 0.333. The second-order valence-corrected chi connectivity index (χ2v) is 4.21. The number of nitrogens with zero attached hydrogens (tertiary/aromatic N) is 1. The summed E-state index contributed by atoms with van der Waals surface area (Å²) in [5.41, 5.74) is 5.88. The Morgan fingerprint density at radius 1 is 1.54 bits per heavy atom. The van der Waals surface area contributed by atoms with E-state index in [-0.39, 0.29) is 0 Å². The lowest BCUT2D eigenvalue weighted by molar-refractivity contribution is 0.112. The van der Waals surface area contributed by atoms with Gasteiger partial charge in [0.25, 0.3) is 0 Å². The van der Waals surface area contributed by atoms with E-state index in [1.165, 1.54) is 13.0 Å². The largest absolute Gasteiger partial charge is 0.383 e. The van der Waals surface area contributed by atoms with E-state index in [1.807, 2.05) is 0 Å². The van der Waals surface area contributed by atoms with Crippen LogP contribution in [0.15, 0.2) is 0 Å². The van der Waals surface area contributed by atoms with Crippen LogP contribution in [0.4, 0.5) is 0 Å². The van der Waals surface area contributed by atoms with Crippen LogP contribution in [0, 0.1) is 5.92 Å². The van der Waals surface area contributed by atoms with Gasteiger partial charge in [-0.1, -0.05) is 0 Å². The topological polar surface area (TPSA) is 38.5 Å². The van der Waals surface area contributed by atoms with Crippen molar-refractivity contribution in [3.05, 3.63) is 0 Å². The Hall–Kier alpha value is -0.120. The maximum absolute atomic E-state index is 5.88. The van der Waals surface area contributed by atoms with Crippen molar-refractivity contribution < 1.29 is 4.74 Å². The Morgan fingerprint density at radius 3 is 2.69 bits per heavy atom. The Bertz CT molecular complexity index is 150. The van der Waals surface area contributed by atoms with Crippen molar-refractivity contribution in [1.29, 1.82) is 0 Å². The molecule has 78 valence electrons. The van der Waals surface area contributed by atoms with E-state index in [1.54, 1.807) is 7.11 Å². The molecule has 0 bridgehead atoms. The number of hydrogen-bond donors (Lipinski definition) is 1. The van der Waals surface area contributed by atoms with Gasteiger partial charge >= 0.3 is 0 Å². The molecule has 3 nitrogen and oxygen atoms in total. The smallest absolute Gasteiger partial charge is 0.0615 e. The zero-order valence-electron chi connectivity index (χ0n) is 8.99. The van der Waals surface area contributed by atoms with Crippen molar-refractivity contribution in [1.82, 2.24) is 4.90 Å². The van der Waals surface area contributed by atoms with Crippen LogP contribution in [0.5, 0.6) is 0 Å². The fraction of sp³-hybridized carbons (Fsp3) is 1.00. The lowest BCUT2D eigenvalue weighted by Gasteiger charge is -2.24. The molecule has 0 spiro atoms. The summed E-state index contributed by atoms with van der Waals surface area (Å²) in [7, 11) is 1.76. The highest BCUT2D eigenvalue weighted by Gasteiger charge is 2.27. The Morgan fingerprint density at radius 2 is 2.23 bits per heavy atom. The molecule has 0 aromatic heterocycles. The van der Waals surface area contributed by atoms with Gasteiger partial charge in [-0.3, -0.25) is 4.90 Å². The van der Waals surface area contributed by atoms with E-state index in [2.05, 4.69) is 18.7 Å². The van der Waals surface area contributed by atoms with Crippen molar-refractivity contribution in [2.24, 2.45) is 11.7 Å². The number of methoxy groups -OCH3 is 1. The highest BCUT2D eigenvalue weighted by atomic mass is 16.5. The van der Waals surface area contributed by atoms with E-state index in [9.17, 15) is 0 Å². The summed E-state index contributed by atoms with van der Waals surface area (Å²) in [5.74, 6) is 0.680. The Kier molecular flexibility index (Phi) is 4.16. The molecule has 1 rings (SSSR count). The monoisotopic (exact) mass is 186 g/mol. The summed E-state index contributed by atoms with van der Waals surface area (Å²) in [6.07, 6.45) is 1.24.